The molecule has 204 valence electrons. The van der Waals surface area contributed by atoms with Crippen LogP contribution in [0.5, 0.6) is 11.5 Å². The molecule has 0 atom stereocenters. The number of rotatable bonds is 7. The third kappa shape index (κ3) is 5.17. The first kappa shape index (κ1) is 25.7. The second-order valence-corrected chi connectivity index (χ2v) is 10.1. The second-order valence-electron chi connectivity index (χ2n) is 10.1. The van der Waals surface area contributed by atoms with Gasteiger partial charge in [-0.3, -0.25) is 14.6 Å². The Labute approximate surface area is 230 Å². The quantitative estimate of drug-likeness (QED) is 0.315. The minimum Gasteiger partial charge on any atom is -0.453 e. The maximum Gasteiger partial charge on any atom is 0.240 e. The number of carbonyl (C=O) groups excluding carboxylic acids is 2. The zero-order valence-electron chi connectivity index (χ0n) is 21.9. The maximum absolute atomic E-state index is 15.1. The van der Waals surface area contributed by atoms with Gasteiger partial charge in [0.2, 0.25) is 11.8 Å². The van der Waals surface area contributed by atoms with E-state index >= 15 is 4.39 Å². The summed E-state index contributed by atoms with van der Waals surface area (Å²) in [5.74, 6) is -0.300. The molecule has 2 amide bonds. The number of nitrogens with one attached hydrogen (secondary N) is 2. The minimum atomic E-state index is -1.17. The zero-order chi connectivity index (χ0) is 27.7. The van der Waals surface area contributed by atoms with Gasteiger partial charge in [-0.05, 0) is 50.1 Å². The highest BCUT2D eigenvalue weighted by molar-refractivity contribution is 6.16. The van der Waals surface area contributed by atoms with Gasteiger partial charge in [0.1, 0.15) is 17.0 Å². The van der Waals surface area contributed by atoms with Crippen LogP contribution in [0.25, 0.3) is 10.9 Å². The number of nitrogens with zero attached hydrogens (tertiary/aromatic N) is 3. The molecule has 3 heterocycles. The highest BCUT2D eigenvalue weighted by Gasteiger charge is 2.56. The maximum atomic E-state index is 15.1. The number of aryl methyl sites for hydroxylation is 1. The monoisotopic (exact) mass is 541 g/mol. The van der Waals surface area contributed by atoms with Crippen molar-refractivity contribution in [3.8, 4) is 11.5 Å². The molecular weight excluding hydrogens is 513 g/mol. The summed E-state index contributed by atoms with van der Waals surface area (Å²) in [6, 6.07) is 15.1. The summed E-state index contributed by atoms with van der Waals surface area (Å²) in [4.78, 5) is 37.0. The summed E-state index contributed by atoms with van der Waals surface area (Å²) in [5, 5.41) is 6.15. The number of aromatic nitrogens is 2. The molecule has 1 saturated carbocycles. The van der Waals surface area contributed by atoms with Crippen LogP contribution in [0.15, 0.2) is 67.0 Å². The summed E-state index contributed by atoms with van der Waals surface area (Å²) < 4.78 is 26.4. The minimum absolute atomic E-state index is 0.0130. The van der Waals surface area contributed by atoms with Crippen molar-refractivity contribution >= 4 is 39.9 Å². The van der Waals surface area contributed by atoms with E-state index in [1.165, 1.54) is 12.1 Å². The first-order chi connectivity index (χ1) is 19.4. The first-order valence-electron chi connectivity index (χ1n) is 13.2. The number of halogens is 1. The van der Waals surface area contributed by atoms with Crippen LogP contribution >= 0.6 is 0 Å². The predicted molar refractivity (Wildman–Crippen MR) is 149 cm³/mol. The van der Waals surface area contributed by atoms with E-state index in [2.05, 4.69) is 25.5 Å². The fourth-order valence-electron chi connectivity index (χ4n) is 4.66. The van der Waals surface area contributed by atoms with Gasteiger partial charge in [-0.15, -0.1) is 0 Å². The molecule has 0 bridgehead atoms. The Morgan fingerprint density at radius 1 is 0.925 bits per heavy atom. The normalized spacial score (nSPS) is 15.9. The molecule has 2 fully saturated rings. The van der Waals surface area contributed by atoms with E-state index in [0.717, 1.165) is 24.5 Å². The van der Waals surface area contributed by atoms with E-state index in [-0.39, 0.29) is 17.3 Å². The average molecular weight is 542 g/mol. The van der Waals surface area contributed by atoms with Crippen LogP contribution in [-0.4, -0.2) is 48.1 Å². The molecule has 2 aromatic heterocycles. The molecule has 1 aliphatic carbocycles. The molecule has 0 spiro atoms. The van der Waals surface area contributed by atoms with Gasteiger partial charge in [-0.25, -0.2) is 9.37 Å². The molecule has 1 saturated heterocycles. The van der Waals surface area contributed by atoms with Crippen LogP contribution in [0.1, 0.15) is 18.4 Å². The molecule has 2 aromatic carbocycles. The van der Waals surface area contributed by atoms with E-state index in [1.807, 2.05) is 25.1 Å². The van der Waals surface area contributed by atoms with Crippen molar-refractivity contribution in [3.05, 3.63) is 78.4 Å². The number of fused-ring (bicyclic) bond motifs is 1. The topological polar surface area (TPSA) is 106 Å². The van der Waals surface area contributed by atoms with Gasteiger partial charge in [0, 0.05) is 49.0 Å². The number of ether oxygens (including phenoxy) is 2. The van der Waals surface area contributed by atoms with Gasteiger partial charge in [-0.1, -0.05) is 17.7 Å². The number of carbonyl (C=O) groups is 2. The number of benzene rings is 2. The lowest BCUT2D eigenvalue weighted by molar-refractivity contribution is -0.131. The van der Waals surface area contributed by atoms with Crippen molar-refractivity contribution < 1.29 is 23.5 Å². The fourth-order valence-corrected chi connectivity index (χ4v) is 4.66. The Morgan fingerprint density at radius 3 is 2.33 bits per heavy atom. The molecule has 9 nitrogen and oxygen atoms in total. The highest BCUT2D eigenvalue weighted by atomic mass is 19.1. The number of morpholine rings is 1. The lowest BCUT2D eigenvalue weighted by atomic mass is 10.0. The van der Waals surface area contributed by atoms with Gasteiger partial charge in [0.15, 0.2) is 11.6 Å². The fraction of sp³-hybridized carbons (Fsp3) is 0.267. The standard InChI is InChI=1S/C30H28FN5O4/c1-19-2-4-20(5-3-19)34-28(37)30(9-10-30)29(38)35-21-6-7-26(23(31)16-21)40-25-8-11-32-24-17-27(33-18-22(24)25)36-12-14-39-15-13-36/h2-8,11,16-18H,9-10,12-15H2,1H3,(H,34,37)(H,35,38). The Hall–Kier alpha value is -4.57. The van der Waals surface area contributed by atoms with Gasteiger partial charge in [0.05, 0.1) is 24.1 Å². The van der Waals surface area contributed by atoms with E-state index in [1.54, 1.807) is 36.7 Å². The molecule has 4 aromatic rings. The molecular formula is C30H28FN5O4. The van der Waals surface area contributed by atoms with Crippen molar-refractivity contribution in [2.45, 2.75) is 19.8 Å². The SMILES string of the molecule is Cc1ccc(NC(=O)C2(C(=O)Nc3ccc(Oc4ccnc5cc(N6CCOCC6)ncc45)c(F)c3)CC2)cc1. The van der Waals surface area contributed by atoms with Crippen LogP contribution in [0, 0.1) is 18.2 Å². The summed E-state index contributed by atoms with van der Waals surface area (Å²) >= 11 is 0. The zero-order valence-corrected chi connectivity index (χ0v) is 21.9. The Bertz CT molecular complexity index is 1580. The summed E-state index contributed by atoms with van der Waals surface area (Å²) in [6.07, 6.45) is 4.13. The predicted octanol–water partition coefficient (Wildman–Crippen LogP) is 5.06. The Balaban J connectivity index is 1.14. The number of hydrogen-bond acceptors (Lipinski definition) is 7. The van der Waals surface area contributed by atoms with Gasteiger partial charge in [-0.2, -0.15) is 0 Å². The number of hydrogen-bond donors (Lipinski definition) is 2. The third-order valence-electron chi connectivity index (χ3n) is 7.25. The third-order valence-corrected chi connectivity index (χ3v) is 7.25. The lowest BCUT2D eigenvalue weighted by Crippen LogP contribution is -2.36. The van der Waals surface area contributed by atoms with Crippen LogP contribution in [0.3, 0.4) is 0 Å². The lowest BCUT2D eigenvalue weighted by Gasteiger charge is -2.27. The van der Waals surface area contributed by atoms with Gasteiger partial charge >= 0.3 is 0 Å². The van der Waals surface area contributed by atoms with Crippen LogP contribution in [-0.2, 0) is 14.3 Å². The first-order valence-corrected chi connectivity index (χ1v) is 13.2. The van der Waals surface area contributed by atoms with Crippen LogP contribution < -0.4 is 20.3 Å². The van der Waals surface area contributed by atoms with Gasteiger partial charge < -0.3 is 25.0 Å². The van der Waals surface area contributed by atoms with E-state index in [4.69, 9.17) is 9.47 Å². The van der Waals surface area contributed by atoms with Crippen LogP contribution in [0.4, 0.5) is 21.6 Å². The van der Waals surface area contributed by atoms with E-state index in [9.17, 15) is 9.59 Å². The van der Waals surface area contributed by atoms with Crippen molar-refractivity contribution in [2.24, 2.45) is 5.41 Å². The average Bonchev–Trinajstić information content (AvgIpc) is 3.79. The number of anilines is 3. The molecule has 40 heavy (non-hydrogen) atoms. The molecule has 6 rings (SSSR count). The number of pyridine rings is 2. The molecule has 2 N–H and O–H groups in total. The largest absolute Gasteiger partial charge is 0.453 e. The second kappa shape index (κ2) is 10.5. The summed E-state index contributed by atoms with van der Waals surface area (Å²) in [6.45, 7) is 4.75. The smallest absolute Gasteiger partial charge is 0.240 e. The molecule has 0 unspecified atom stereocenters. The Morgan fingerprint density at radius 2 is 1.62 bits per heavy atom. The highest BCUT2D eigenvalue weighted by Crippen LogP contribution is 2.47. The number of amides is 2. The molecule has 1 aliphatic heterocycles. The van der Waals surface area contributed by atoms with Crippen molar-refractivity contribution in [3.63, 3.8) is 0 Å². The van der Waals surface area contributed by atoms with E-state index < -0.39 is 17.1 Å². The summed E-state index contributed by atoms with van der Waals surface area (Å²) in [5.41, 5.74) is 1.44. The molecule has 0 radical (unpaired) electrons. The van der Waals surface area contributed by atoms with Gasteiger partial charge in [0.25, 0.3) is 0 Å². The van der Waals surface area contributed by atoms with Crippen LogP contribution in [0.2, 0.25) is 0 Å². The molecule has 2 aliphatic rings. The summed E-state index contributed by atoms with van der Waals surface area (Å²) in [7, 11) is 0. The van der Waals surface area contributed by atoms with Crippen molar-refractivity contribution in [2.75, 3.05) is 41.8 Å². The van der Waals surface area contributed by atoms with Crippen molar-refractivity contribution in [1.29, 1.82) is 0 Å². The van der Waals surface area contributed by atoms with Crippen molar-refractivity contribution in [1.82, 2.24) is 9.97 Å². The Kier molecular flexibility index (Phi) is 6.77. The van der Waals surface area contributed by atoms with E-state index in [0.29, 0.717) is 48.4 Å². The molecule has 10 heteroatoms.